The SMILES string of the molecule is C[Si](C)(C)c1ccc(CNc2ccc(Br)cc2Br)cc1. The largest absolute Gasteiger partial charge is 0.380 e. The minimum absolute atomic E-state index is 0.839. The highest BCUT2D eigenvalue weighted by Gasteiger charge is 2.15. The Morgan fingerprint density at radius 1 is 0.950 bits per heavy atom. The van der Waals surface area contributed by atoms with Crippen LogP contribution < -0.4 is 10.5 Å². The van der Waals surface area contributed by atoms with Crippen molar-refractivity contribution in [2.24, 2.45) is 0 Å². The molecule has 0 amide bonds. The average Bonchev–Trinajstić information content (AvgIpc) is 2.37. The molecular formula is C16H19Br2NSi. The molecule has 0 atom stereocenters. The Hall–Kier alpha value is -0.583. The van der Waals surface area contributed by atoms with Crippen LogP contribution in [0.4, 0.5) is 5.69 Å². The number of rotatable bonds is 4. The van der Waals surface area contributed by atoms with Gasteiger partial charge in [-0.3, -0.25) is 0 Å². The van der Waals surface area contributed by atoms with Crippen LogP contribution in [0.1, 0.15) is 5.56 Å². The van der Waals surface area contributed by atoms with Crippen LogP contribution in [0.2, 0.25) is 19.6 Å². The maximum atomic E-state index is 3.57. The first-order chi connectivity index (χ1) is 9.36. The topological polar surface area (TPSA) is 12.0 Å². The van der Waals surface area contributed by atoms with Crippen LogP contribution in [0.15, 0.2) is 51.4 Å². The molecule has 0 aliphatic carbocycles. The minimum atomic E-state index is -1.19. The second-order valence-corrected chi connectivity index (χ2v) is 12.8. The molecule has 0 radical (unpaired) electrons. The van der Waals surface area contributed by atoms with Gasteiger partial charge in [-0.15, -0.1) is 0 Å². The molecule has 0 aliphatic heterocycles. The summed E-state index contributed by atoms with van der Waals surface area (Å²) >= 11 is 7.04. The lowest BCUT2D eigenvalue weighted by atomic mass is 10.2. The van der Waals surface area contributed by atoms with Crippen LogP contribution in [0, 0.1) is 0 Å². The molecule has 0 heterocycles. The normalized spacial score (nSPS) is 11.4. The fraction of sp³-hybridized carbons (Fsp3) is 0.250. The van der Waals surface area contributed by atoms with Gasteiger partial charge in [-0.25, -0.2) is 0 Å². The van der Waals surface area contributed by atoms with E-state index in [9.17, 15) is 0 Å². The maximum absolute atomic E-state index is 3.57. The molecule has 1 N–H and O–H groups in total. The van der Waals surface area contributed by atoms with Gasteiger partial charge in [-0.05, 0) is 39.7 Å². The molecule has 0 spiro atoms. The van der Waals surface area contributed by atoms with Gasteiger partial charge in [0.25, 0.3) is 0 Å². The van der Waals surface area contributed by atoms with Crippen LogP contribution in [0.25, 0.3) is 0 Å². The third-order valence-electron chi connectivity index (χ3n) is 3.23. The van der Waals surface area contributed by atoms with E-state index in [1.165, 1.54) is 10.8 Å². The van der Waals surface area contributed by atoms with E-state index in [-0.39, 0.29) is 0 Å². The molecule has 0 unspecified atom stereocenters. The first-order valence-corrected chi connectivity index (χ1v) is 11.7. The highest BCUT2D eigenvalue weighted by molar-refractivity contribution is 9.11. The first kappa shape index (κ1) is 15.8. The van der Waals surface area contributed by atoms with Crippen molar-refractivity contribution in [2.45, 2.75) is 26.2 Å². The van der Waals surface area contributed by atoms with Crippen molar-refractivity contribution in [3.05, 3.63) is 57.0 Å². The molecule has 0 aromatic heterocycles. The highest BCUT2D eigenvalue weighted by Crippen LogP contribution is 2.26. The number of hydrogen-bond donors (Lipinski definition) is 1. The van der Waals surface area contributed by atoms with E-state index in [1.807, 2.05) is 6.07 Å². The lowest BCUT2D eigenvalue weighted by Gasteiger charge is -2.17. The number of hydrogen-bond acceptors (Lipinski definition) is 1. The summed E-state index contributed by atoms with van der Waals surface area (Å²) in [5, 5.41) is 4.96. The summed E-state index contributed by atoms with van der Waals surface area (Å²) in [5.74, 6) is 0. The van der Waals surface area contributed by atoms with Gasteiger partial charge < -0.3 is 5.32 Å². The van der Waals surface area contributed by atoms with E-state index in [1.54, 1.807) is 0 Å². The first-order valence-electron chi connectivity index (χ1n) is 6.64. The third-order valence-corrected chi connectivity index (χ3v) is 6.45. The smallest absolute Gasteiger partial charge is 0.0775 e. The van der Waals surface area contributed by atoms with Crippen LogP contribution >= 0.6 is 31.9 Å². The summed E-state index contributed by atoms with van der Waals surface area (Å²) < 4.78 is 2.15. The van der Waals surface area contributed by atoms with E-state index < -0.39 is 8.07 Å². The van der Waals surface area contributed by atoms with Crippen molar-refractivity contribution < 1.29 is 0 Å². The Bertz CT molecular complexity index is 588. The Kier molecular flexibility index (Phi) is 5.10. The molecule has 2 rings (SSSR count). The molecule has 0 saturated carbocycles. The lowest BCUT2D eigenvalue weighted by Crippen LogP contribution is -2.37. The summed E-state index contributed by atoms with van der Waals surface area (Å²) in [4.78, 5) is 0. The Labute approximate surface area is 139 Å². The van der Waals surface area contributed by atoms with Crippen molar-refractivity contribution in [3.8, 4) is 0 Å². The molecular weight excluding hydrogens is 394 g/mol. The van der Waals surface area contributed by atoms with Gasteiger partial charge >= 0.3 is 0 Å². The minimum Gasteiger partial charge on any atom is -0.380 e. The second kappa shape index (κ2) is 6.46. The molecule has 0 fully saturated rings. The fourth-order valence-electron chi connectivity index (χ4n) is 1.95. The molecule has 0 aliphatic rings. The number of nitrogens with one attached hydrogen (secondary N) is 1. The van der Waals surface area contributed by atoms with E-state index in [0.29, 0.717) is 0 Å². The highest BCUT2D eigenvalue weighted by atomic mass is 79.9. The molecule has 1 nitrogen and oxygen atoms in total. The molecule has 4 heteroatoms. The van der Waals surface area contributed by atoms with Crippen molar-refractivity contribution in [1.29, 1.82) is 0 Å². The summed E-state index contributed by atoms with van der Waals surface area (Å²) in [6.07, 6.45) is 0. The van der Waals surface area contributed by atoms with Gasteiger partial charge in [0.05, 0.1) is 8.07 Å². The molecule has 2 aromatic carbocycles. The summed E-state index contributed by atoms with van der Waals surface area (Å²) in [6, 6.07) is 15.2. The standard InChI is InChI=1S/C16H19Br2NSi/c1-20(2,3)14-7-4-12(5-8-14)11-19-16-9-6-13(17)10-15(16)18/h4-10,19H,11H2,1-3H3. The van der Waals surface area contributed by atoms with Crippen LogP contribution in [0.5, 0.6) is 0 Å². The second-order valence-electron chi connectivity index (χ2n) is 5.92. The van der Waals surface area contributed by atoms with E-state index in [2.05, 4.69) is 93.2 Å². The average molecular weight is 413 g/mol. The Morgan fingerprint density at radius 2 is 1.60 bits per heavy atom. The molecule has 0 bridgehead atoms. The van der Waals surface area contributed by atoms with Gasteiger partial charge in [0.1, 0.15) is 0 Å². The van der Waals surface area contributed by atoms with Crippen molar-refractivity contribution >= 4 is 50.8 Å². The quantitative estimate of drug-likeness (QED) is 0.665. The van der Waals surface area contributed by atoms with Crippen LogP contribution in [0.3, 0.4) is 0 Å². The zero-order valence-corrected chi connectivity index (χ0v) is 16.2. The van der Waals surface area contributed by atoms with Gasteiger partial charge in [0.2, 0.25) is 0 Å². The van der Waals surface area contributed by atoms with Crippen molar-refractivity contribution in [3.63, 3.8) is 0 Å². The fourth-order valence-corrected chi connectivity index (χ4v) is 4.31. The van der Waals surface area contributed by atoms with Crippen molar-refractivity contribution in [1.82, 2.24) is 0 Å². The van der Waals surface area contributed by atoms with Crippen LogP contribution in [-0.2, 0) is 6.54 Å². The Morgan fingerprint density at radius 3 is 2.15 bits per heavy atom. The number of anilines is 1. The van der Waals surface area contributed by atoms with Gasteiger partial charge in [0, 0.05) is 21.2 Å². The van der Waals surface area contributed by atoms with E-state index in [4.69, 9.17) is 0 Å². The van der Waals surface area contributed by atoms with Gasteiger partial charge in [-0.1, -0.05) is 65.0 Å². The van der Waals surface area contributed by atoms with Crippen LogP contribution in [-0.4, -0.2) is 8.07 Å². The van der Waals surface area contributed by atoms with Gasteiger partial charge in [0.15, 0.2) is 0 Å². The third kappa shape index (κ3) is 4.20. The summed E-state index contributed by atoms with van der Waals surface area (Å²) in [7, 11) is -1.19. The zero-order chi connectivity index (χ0) is 14.8. The zero-order valence-electron chi connectivity index (χ0n) is 12.0. The summed E-state index contributed by atoms with van der Waals surface area (Å²) in [6.45, 7) is 7.96. The maximum Gasteiger partial charge on any atom is 0.0775 e. The molecule has 0 saturated heterocycles. The van der Waals surface area contributed by atoms with Gasteiger partial charge in [-0.2, -0.15) is 0 Å². The number of halogens is 2. The molecule has 106 valence electrons. The Balaban J connectivity index is 2.04. The summed E-state index contributed by atoms with van der Waals surface area (Å²) in [5.41, 5.74) is 2.42. The predicted octanol–water partition coefficient (Wildman–Crippen LogP) is 5.37. The molecule has 20 heavy (non-hydrogen) atoms. The monoisotopic (exact) mass is 411 g/mol. The van der Waals surface area contributed by atoms with Crippen molar-refractivity contribution in [2.75, 3.05) is 5.32 Å². The molecule has 2 aromatic rings. The van der Waals surface area contributed by atoms with E-state index >= 15 is 0 Å². The number of benzene rings is 2. The lowest BCUT2D eigenvalue weighted by molar-refractivity contribution is 1.15. The predicted molar refractivity (Wildman–Crippen MR) is 98.6 cm³/mol. The van der Waals surface area contributed by atoms with E-state index in [0.717, 1.165) is 21.2 Å².